The van der Waals surface area contributed by atoms with Crippen molar-refractivity contribution in [1.29, 1.82) is 0 Å². The Hall–Kier alpha value is -9.03. The average molecular weight is 1120 g/mol. The number of fused-ring (bicyclic) bond motifs is 12. The Kier molecular flexibility index (Phi) is 9.13. The van der Waals surface area contributed by atoms with Gasteiger partial charge in [-0.15, -0.1) is 35.0 Å². The molecule has 0 saturated heterocycles. The predicted octanol–water partition coefficient (Wildman–Crippen LogP) is 16.2. The number of aryl methyl sites for hydroxylation is 1. The zero-order valence-corrected chi connectivity index (χ0v) is 41.0. The Morgan fingerprint density at radius 3 is 1.25 bits per heavy atom. The number of hydrogen-bond donors (Lipinski definition) is 0. The van der Waals surface area contributed by atoms with Gasteiger partial charge in [0.05, 0.1) is 33.4 Å². The molecule has 0 atom stereocenters. The van der Waals surface area contributed by atoms with Crippen LogP contribution >= 0.6 is 0 Å². The molecule has 0 fully saturated rings. The van der Waals surface area contributed by atoms with Gasteiger partial charge in [0.1, 0.15) is 11.6 Å². The van der Waals surface area contributed by atoms with Crippen molar-refractivity contribution < 1.29 is 29.9 Å². The van der Waals surface area contributed by atoms with Crippen LogP contribution in [-0.4, -0.2) is 28.2 Å². The first kappa shape index (κ1) is 39.7. The van der Waals surface area contributed by atoms with Gasteiger partial charge in [0.25, 0.3) is 0 Å². The van der Waals surface area contributed by atoms with Gasteiger partial charge in [-0.05, 0) is 89.9 Å². The fourth-order valence-electron chi connectivity index (χ4n) is 11.3. The molecule has 6 aromatic heterocycles. The molecule has 0 amide bonds. The summed E-state index contributed by atoms with van der Waals surface area (Å²) in [6.45, 7) is -2.58. The van der Waals surface area contributed by atoms with Crippen LogP contribution in [0.4, 0.5) is 0 Å². The van der Waals surface area contributed by atoms with Crippen molar-refractivity contribution in [2.75, 3.05) is 0 Å². The Bertz CT molecular complexity index is 4580. The van der Waals surface area contributed by atoms with E-state index in [9.17, 15) is 4.11 Å². The van der Waals surface area contributed by atoms with Gasteiger partial charge in [-0.1, -0.05) is 132 Å². The molecule has 0 aliphatic rings. The van der Waals surface area contributed by atoms with Gasteiger partial charge < -0.3 is 23.0 Å². The van der Waals surface area contributed by atoms with E-state index in [0.717, 1.165) is 104 Å². The van der Waals surface area contributed by atoms with Gasteiger partial charge in [-0.25, -0.2) is 9.97 Å². The number of ether oxygens (including phenoxy) is 1. The third-order valence-electron chi connectivity index (χ3n) is 14.3. The van der Waals surface area contributed by atoms with Crippen LogP contribution in [0.1, 0.15) is 9.68 Å². The molecule has 6 heterocycles. The van der Waals surface area contributed by atoms with Crippen LogP contribution in [0.3, 0.4) is 0 Å². The second-order valence-electron chi connectivity index (χ2n) is 18.2. The molecule has 9 aromatic carbocycles. The summed E-state index contributed by atoms with van der Waals surface area (Å²) in [4.78, 5) is 9.99. The first-order chi connectivity index (χ1) is 36.9. The first-order valence-corrected chi connectivity index (χ1v) is 24.0. The molecule has 0 radical (unpaired) electrons. The molecule has 0 bridgehead atoms. The van der Waals surface area contributed by atoms with E-state index in [0.29, 0.717) is 28.4 Å². The van der Waals surface area contributed by atoms with Crippen molar-refractivity contribution >= 4 is 87.2 Å². The number of para-hydroxylation sites is 6. The van der Waals surface area contributed by atoms with Crippen LogP contribution in [0.2, 0.25) is 0 Å². The van der Waals surface area contributed by atoms with Crippen molar-refractivity contribution in [3.8, 4) is 45.6 Å². The summed E-state index contributed by atoms with van der Waals surface area (Å²) in [6.07, 6.45) is 3.55. The summed E-state index contributed by atoms with van der Waals surface area (Å²) in [5.74, 6) is 2.19. The molecule has 15 rings (SSSR count). The molecule has 0 saturated carbocycles. The summed E-state index contributed by atoms with van der Waals surface area (Å²) < 4.78 is 43.5. The van der Waals surface area contributed by atoms with E-state index in [1.54, 1.807) is 18.5 Å². The first-order valence-electron chi connectivity index (χ1n) is 25.5. The molecule has 7 nitrogen and oxygen atoms in total. The number of aromatic nitrogens is 6. The molecule has 8 heteroatoms. The van der Waals surface area contributed by atoms with Gasteiger partial charge in [0.15, 0.2) is 0 Å². The number of hydrogen-bond acceptors (Lipinski definition) is 3. The molecule has 0 aliphatic heterocycles. The van der Waals surface area contributed by atoms with E-state index in [1.807, 2.05) is 71.3 Å². The van der Waals surface area contributed by atoms with Gasteiger partial charge >= 0.3 is 21.1 Å². The Morgan fingerprint density at radius 1 is 0.397 bits per heavy atom. The normalized spacial score (nSPS) is 12.6. The molecular formula is C65H40N6OPt. The quantitative estimate of drug-likeness (QED) is 0.149. The molecule has 15 aromatic rings. The second kappa shape index (κ2) is 16.8. The van der Waals surface area contributed by atoms with E-state index >= 15 is 0 Å². The van der Waals surface area contributed by atoms with Crippen LogP contribution in [0.5, 0.6) is 11.5 Å². The van der Waals surface area contributed by atoms with Crippen LogP contribution in [0, 0.1) is 19.0 Å². The Morgan fingerprint density at radius 2 is 0.808 bits per heavy atom. The van der Waals surface area contributed by atoms with E-state index in [1.165, 1.54) is 0 Å². The Labute approximate surface area is 437 Å². The van der Waals surface area contributed by atoms with E-state index in [2.05, 4.69) is 165 Å². The minimum absolute atomic E-state index is 0. The SMILES string of the molecule is [2H]C([2H])([2H])c1cc(-n2c3[c-]c(Oc4[c-]c5c(cc4)c4ccccc4n5-c4ccccn4)ccc3c3ccccc32)ncc1-c1c(-n2c3ccccc3c3ccccc32)cccc1-n1c2ccccc2c2ccccc21.[Pt+2]. The summed E-state index contributed by atoms with van der Waals surface area (Å²) in [7, 11) is 0. The summed E-state index contributed by atoms with van der Waals surface area (Å²) in [5, 5.41) is 8.40. The molecule has 73 heavy (non-hydrogen) atoms. The minimum Gasteiger partial charge on any atom is -0.509 e. The minimum atomic E-state index is -2.58. The van der Waals surface area contributed by atoms with Crippen LogP contribution < -0.4 is 4.74 Å². The van der Waals surface area contributed by atoms with E-state index in [-0.39, 0.29) is 26.6 Å². The van der Waals surface area contributed by atoms with Crippen molar-refractivity contribution in [2.45, 2.75) is 6.85 Å². The molecule has 0 N–H and O–H groups in total. The Balaban J connectivity index is 0.00000528. The monoisotopic (exact) mass is 1120 g/mol. The van der Waals surface area contributed by atoms with E-state index < -0.39 is 6.85 Å². The fourth-order valence-corrected chi connectivity index (χ4v) is 11.3. The third kappa shape index (κ3) is 6.49. The van der Waals surface area contributed by atoms with Gasteiger partial charge in [0.2, 0.25) is 0 Å². The maximum atomic E-state index is 9.39. The standard InChI is InChI=1S/C65H40N6O.Pt/c1-41-37-64(71-58-28-13-7-22-49(58)51-35-33-43(39-62(51)71)72-42-32-34-50-48-21-6-12-27-57(48)70(61(50)38-42)63-31-14-15-36-66-63)67-40-52(41)65-59(68-53-23-8-2-17-44(53)45-18-3-9-24-54(45)68)29-16-30-60(65)69-55-25-10-4-19-46(55)47-20-5-11-26-56(47)69;/h2-37,40H,1H3;/q-2;+2/i1D3;. The van der Waals surface area contributed by atoms with Gasteiger partial charge in [-0.2, -0.15) is 12.1 Å². The summed E-state index contributed by atoms with van der Waals surface area (Å²) >= 11 is 0. The third-order valence-corrected chi connectivity index (χ3v) is 14.3. The predicted molar refractivity (Wildman–Crippen MR) is 294 cm³/mol. The van der Waals surface area contributed by atoms with Gasteiger partial charge in [-0.3, -0.25) is 0 Å². The van der Waals surface area contributed by atoms with Gasteiger partial charge in [0, 0.05) is 71.7 Å². The average Bonchev–Trinajstić information content (AvgIpc) is 4.27. The van der Waals surface area contributed by atoms with Crippen LogP contribution in [-0.2, 0) is 21.1 Å². The van der Waals surface area contributed by atoms with E-state index in [4.69, 9.17) is 14.7 Å². The smallest absolute Gasteiger partial charge is 0.509 e. The van der Waals surface area contributed by atoms with Crippen molar-refractivity contribution in [2.24, 2.45) is 0 Å². The summed E-state index contributed by atoms with van der Waals surface area (Å²) in [5.41, 5.74) is 10.5. The molecule has 0 spiro atoms. The maximum absolute atomic E-state index is 9.39. The van der Waals surface area contributed by atoms with Crippen LogP contribution in [0.25, 0.3) is 121 Å². The zero-order valence-electron chi connectivity index (χ0n) is 41.8. The number of benzene rings is 9. The summed E-state index contributed by atoms with van der Waals surface area (Å²) in [6, 6.07) is 78.9. The largest absolute Gasteiger partial charge is 2.00 e. The molecular weight excluding hydrogens is 1080 g/mol. The molecule has 346 valence electrons. The maximum Gasteiger partial charge on any atom is 2.00 e. The second-order valence-corrected chi connectivity index (χ2v) is 18.2. The van der Waals surface area contributed by atoms with Crippen molar-refractivity contribution in [3.05, 3.63) is 242 Å². The number of nitrogens with zero attached hydrogens (tertiary/aromatic N) is 6. The van der Waals surface area contributed by atoms with Crippen molar-refractivity contribution in [3.63, 3.8) is 0 Å². The molecule has 0 aliphatic carbocycles. The molecule has 0 unspecified atom stereocenters. The van der Waals surface area contributed by atoms with Crippen LogP contribution in [0.15, 0.2) is 225 Å². The zero-order chi connectivity index (χ0) is 49.9. The number of rotatable bonds is 7. The fraction of sp³-hybridized carbons (Fsp3) is 0.0154. The number of pyridine rings is 2. The topological polar surface area (TPSA) is 54.7 Å². The van der Waals surface area contributed by atoms with Crippen molar-refractivity contribution in [1.82, 2.24) is 28.2 Å².